The van der Waals surface area contributed by atoms with Gasteiger partial charge in [-0.2, -0.15) is 0 Å². The molecule has 5 rings (SSSR count). The highest BCUT2D eigenvalue weighted by atomic mass is 16.3. The molecule has 3 saturated carbocycles. The molecule has 3 fully saturated rings. The molecule has 2 aromatic rings. The van der Waals surface area contributed by atoms with E-state index in [1.807, 2.05) is 60.7 Å². The summed E-state index contributed by atoms with van der Waals surface area (Å²) in [7, 11) is 0. The molecule has 2 unspecified atom stereocenters. The van der Waals surface area contributed by atoms with Gasteiger partial charge in [-0.05, 0) is 49.7 Å². The van der Waals surface area contributed by atoms with Crippen molar-refractivity contribution in [1.82, 2.24) is 4.90 Å². The van der Waals surface area contributed by atoms with Crippen molar-refractivity contribution in [2.45, 2.75) is 113 Å². The fraction of sp³-hybridized carbons (Fsp3) is 0.576. The highest BCUT2D eigenvalue weighted by Gasteiger charge is 2.57. The number of carbonyl (C=O) groups excluding carboxylic acids is 2. The van der Waals surface area contributed by atoms with Crippen LogP contribution in [-0.4, -0.2) is 38.1 Å². The lowest BCUT2D eigenvalue weighted by molar-refractivity contribution is -0.177. The van der Waals surface area contributed by atoms with E-state index in [4.69, 9.17) is 5.73 Å². The average Bonchev–Trinajstić information content (AvgIpc) is 3.46. The Morgan fingerprint density at radius 2 is 0.974 bits per heavy atom. The monoisotopic (exact) mass is 532 g/mol. The summed E-state index contributed by atoms with van der Waals surface area (Å²) < 4.78 is 0. The minimum Gasteiger partial charge on any atom is -0.387 e. The molecule has 2 aromatic carbocycles. The van der Waals surface area contributed by atoms with Crippen LogP contribution in [-0.2, 0) is 9.59 Å². The van der Waals surface area contributed by atoms with Crippen LogP contribution < -0.4 is 5.73 Å². The summed E-state index contributed by atoms with van der Waals surface area (Å²) >= 11 is 0. The topological polar surface area (TPSA) is 104 Å². The van der Waals surface area contributed by atoms with Crippen LogP contribution >= 0.6 is 0 Å². The van der Waals surface area contributed by atoms with Crippen molar-refractivity contribution in [2.75, 3.05) is 0 Å². The molecular weight excluding hydrogens is 488 g/mol. The first-order valence-electron chi connectivity index (χ1n) is 15.0. The Balaban J connectivity index is 1.77. The van der Waals surface area contributed by atoms with E-state index >= 15 is 4.79 Å². The zero-order chi connectivity index (χ0) is 27.5. The van der Waals surface area contributed by atoms with E-state index in [0.29, 0.717) is 38.5 Å². The van der Waals surface area contributed by atoms with Gasteiger partial charge in [0.05, 0.1) is 23.3 Å². The first-order chi connectivity index (χ1) is 18.8. The normalized spacial score (nSPS) is 23.4. The summed E-state index contributed by atoms with van der Waals surface area (Å²) in [5.41, 5.74) is 4.00. The Bertz CT molecular complexity index is 1050. The van der Waals surface area contributed by atoms with Crippen LogP contribution in [0.15, 0.2) is 60.7 Å². The second kappa shape index (κ2) is 11.4. The molecule has 39 heavy (non-hydrogen) atoms. The van der Waals surface area contributed by atoms with Gasteiger partial charge in [-0.15, -0.1) is 0 Å². The first kappa shape index (κ1) is 27.9. The number of amides is 2. The molecule has 0 radical (unpaired) electrons. The fourth-order valence-corrected chi connectivity index (χ4v) is 7.78. The molecule has 3 aliphatic rings. The van der Waals surface area contributed by atoms with Crippen molar-refractivity contribution < 1.29 is 19.8 Å². The van der Waals surface area contributed by atoms with Crippen LogP contribution in [0.3, 0.4) is 0 Å². The average molecular weight is 533 g/mol. The van der Waals surface area contributed by atoms with Crippen molar-refractivity contribution in [3.8, 4) is 0 Å². The highest BCUT2D eigenvalue weighted by Crippen LogP contribution is 2.53. The molecule has 0 saturated heterocycles. The van der Waals surface area contributed by atoms with E-state index in [0.717, 1.165) is 62.5 Å². The molecule has 0 aromatic heterocycles. The number of hydrogen-bond acceptors (Lipinski definition) is 4. The summed E-state index contributed by atoms with van der Waals surface area (Å²) in [5, 5.41) is 24.9. The zero-order valence-electron chi connectivity index (χ0n) is 23.1. The third kappa shape index (κ3) is 5.26. The van der Waals surface area contributed by atoms with E-state index in [2.05, 4.69) is 0 Å². The van der Waals surface area contributed by atoms with Gasteiger partial charge >= 0.3 is 0 Å². The standard InChI is InChI=1S/C33H44N2O4/c34-29(36)31(19-13-14-20-31)30(37)35(27(25-15-5-1-6-16-25)32(38)21-9-3-10-22-32)28(26-17-7-2-8-18-26)33(39)23-11-4-12-24-33/h1-2,5-8,15-18,27-28,38-39H,3-4,9-14,19-24H2,(H2,34,36). The molecule has 0 spiro atoms. The smallest absolute Gasteiger partial charge is 0.239 e. The Kier molecular flexibility index (Phi) is 8.16. The number of primary amides is 1. The van der Waals surface area contributed by atoms with E-state index < -0.39 is 34.6 Å². The van der Waals surface area contributed by atoms with Crippen LogP contribution in [0.1, 0.15) is 113 Å². The third-order valence-electron chi connectivity index (χ3n) is 9.82. The number of aliphatic hydroxyl groups is 2. The molecule has 6 nitrogen and oxygen atoms in total. The number of nitrogens with zero attached hydrogens (tertiary/aromatic N) is 1. The zero-order valence-corrected chi connectivity index (χ0v) is 23.1. The van der Waals surface area contributed by atoms with Gasteiger partial charge in [0.25, 0.3) is 0 Å². The number of carbonyl (C=O) groups is 2. The minimum atomic E-state index is -1.34. The number of rotatable bonds is 8. The van der Waals surface area contributed by atoms with Gasteiger partial charge in [0, 0.05) is 0 Å². The summed E-state index contributed by atoms with van der Waals surface area (Å²) in [6.45, 7) is 0. The SMILES string of the molecule is NC(=O)C1(C(=O)N(C(c2ccccc2)C2(O)CCCCC2)C(c2ccccc2)C2(O)CCCCC2)CCCC1. The lowest BCUT2D eigenvalue weighted by Crippen LogP contribution is -2.61. The van der Waals surface area contributed by atoms with Gasteiger partial charge in [-0.3, -0.25) is 9.59 Å². The van der Waals surface area contributed by atoms with Crippen molar-refractivity contribution in [2.24, 2.45) is 11.1 Å². The summed E-state index contributed by atoms with van der Waals surface area (Å²) in [6, 6.07) is 18.0. The fourth-order valence-electron chi connectivity index (χ4n) is 7.78. The summed E-state index contributed by atoms with van der Waals surface area (Å²) in [4.78, 5) is 30.0. The molecule has 210 valence electrons. The van der Waals surface area contributed by atoms with Crippen LogP contribution in [0, 0.1) is 5.41 Å². The Morgan fingerprint density at radius 3 is 1.33 bits per heavy atom. The van der Waals surface area contributed by atoms with Crippen molar-refractivity contribution in [1.29, 1.82) is 0 Å². The van der Waals surface area contributed by atoms with Crippen molar-refractivity contribution in [3.63, 3.8) is 0 Å². The highest BCUT2D eigenvalue weighted by molar-refractivity contribution is 6.05. The first-order valence-corrected chi connectivity index (χ1v) is 15.0. The Hall–Kier alpha value is -2.70. The molecule has 6 heteroatoms. The second-order valence-corrected chi connectivity index (χ2v) is 12.3. The van der Waals surface area contributed by atoms with Crippen molar-refractivity contribution in [3.05, 3.63) is 71.8 Å². The Morgan fingerprint density at radius 1 is 0.615 bits per heavy atom. The molecule has 2 atom stereocenters. The van der Waals surface area contributed by atoms with E-state index in [1.165, 1.54) is 0 Å². The van der Waals surface area contributed by atoms with Crippen molar-refractivity contribution >= 4 is 11.8 Å². The maximum absolute atomic E-state index is 15.1. The number of hydrogen-bond donors (Lipinski definition) is 3. The molecular formula is C33H44N2O4. The maximum Gasteiger partial charge on any atom is 0.239 e. The molecule has 4 N–H and O–H groups in total. The largest absolute Gasteiger partial charge is 0.387 e. The number of nitrogens with two attached hydrogens (primary N) is 1. The van der Waals surface area contributed by atoms with Gasteiger partial charge in [0.2, 0.25) is 11.8 Å². The lowest BCUT2D eigenvalue weighted by Gasteiger charge is -2.54. The lowest BCUT2D eigenvalue weighted by atomic mass is 9.70. The van der Waals surface area contributed by atoms with Gasteiger partial charge in [0.1, 0.15) is 5.41 Å². The van der Waals surface area contributed by atoms with E-state index in [1.54, 1.807) is 4.90 Å². The summed E-state index contributed by atoms with van der Waals surface area (Å²) in [6.07, 6.45) is 10.1. The predicted octanol–water partition coefficient (Wildman–Crippen LogP) is 5.73. The van der Waals surface area contributed by atoms with Gasteiger partial charge in [-0.1, -0.05) is 112 Å². The van der Waals surface area contributed by atoms with Gasteiger partial charge in [0.15, 0.2) is 0 Å². The van der Waals surface area contributed by atoms with E-state index in [9.17, 15) is 15.0 Å². The molecule has 2 amide bonds. The second-order valence-electron chi connectivity index (χ2n) is 12.3. The summed E-state index contributed by atoms with van der Waals surface area (Å²) in [5.74, 6) is -0.937. The van der Waals surface area contributed by atoms with Crippen LogP contribution in [0.2, 0.25) is 0 Å². The predicted molar refractivity (Wildman–Crippen MR) is 151 cm³/mol. The maximum atomic E-state index is 15.1. The quantitative estimate of drug-likeness (QED) is 0.378. The third-order valence-corrected chi connectivity index (χ3v) is 9.82. The van der Waals surface area contributed by atoms with Crippen LogP contribution in [0.4, 0.5) is 0 Å². The molecule has 0 aliphatic heterocycles. The number of benzene rings is 2. The Labute approximate surface area is 232 Å². The molecule has 0 bridgehead atoms. The molecule has 3 aliphatic carbocycles. The van der Waals surface area contributed by atoms with Crippen LogP contribution in [0.5, 0.6) is 0 Å². The van der Waals surface area contributed by atoms with E-state index in [-0.39, 0.29) is 5.91 Å². The van der Waals surface area contributed by atoms with Crippen LogP contribution in [0.25, 0.3) is 0 Å². The molecule has 0 heterocycles. The van der Waals surface area contributed by atoms with Gasteiger partial charge in [-0.25, -0.2) is 0 Å². The van der Waals surface area contributed by atoms with Gasteiger partial charge < -0.3 is 20.8 Å². The minimum absolute atomic E-state index is 0.340.